The molecule has 0 aliphatic carbocycles. The van der Waals surface area contributed by atoms with Gasteiger partial charge in [0.1, 0.15) is 6.54 Å². The van der Waals surface area contributed by atoms with Gasteiger partial charge in [0.15, 0.2) is 0 Å². The van der Waals surface area contributed by atoms with E-state index in [0.717, 1.165) is 0 Å². The van der Waals surface area contributed by atoms with E-state index < -0.39 is 12.4 Å². The number of nitrogen functional groups attached to an aromatic ring is 1. The zero-order chi connectivity index (χ0) is 12.8. The lowest BCUT2D eigenvalue weighted by atomic mass is 10.1. The van der Waals surface area contributed by atoms with Crippen molar-refractivity contribution in [3.63, 3.8) is 0 Å². The molecule has 0 bridgehead atoms. The molecule has 0 radical (unpaired) electrons. The van der Waals surface area contributed by atoms with Gasteiger partial charge in [0.25, 0.3) is 6.43 Å². The quantitative estimate of drug-likeness (QED) is 0.615. The highest BCUT2D eigenvalue weighted by atomic mass is 19.3. The average Bonchev–Trinajstić information content (AvgIpc) is 2.27. The molecule has 3 N–H and O–H groups in total. The second-order valence-corrected chi connectivity index (χ2v) is 3.31. The Labute approximate surface area is 97.8 Å². The van der Waals surface area contributed by atoms with Crippen molar-refractivity contribution >= 4 is 17.3 Å². The highest BCUT2D eigenvalue weighted by Crippen LogP contribution is 2.28. The number of ether oxygens (including phenoxy) is 1. The fourth-order valence-electron chi connectivity index (χ4n) is 1.30. The number of rotatable bonds is 5. The number of hydrogen-bond donors (Lipinski definition) is 2. The summed E-state index contributed by atoms with van der Waals surface area (Å²) < 4.78 is 30.0. The number of hydrogen-bond acceptors (Lipinski definition) is 4. The largest absolute Gasteiger partial charge is 0.465 e. The van der Waals surface area contributed by atoms with Gasteiger partial charge in [0.2, 0.25) is 0 Å². The van der Waals surface area contributed by atoms with Gasteiger partial charge >= 0.3 is 5.97 Å². The number of carbonyl (C=O) groups excluding carboxylic acids is 1. The molecule has 1 rings (SSSR count). The SMILES string of the molecule is CCOC(=O)CNc1ccc(N)cc1C(F)F. The Morgan fingerprint density at radius 3 is 2.82 bits per heavy atom. The van der Waals surface area contributed by atoms with Crippen LogP contribution in [-0.2, 0) is 9.53 Å². The summed E-state index contributed by atoms with van der Waals surface area (Å²) in [7, 11) is 0. The first-order valence-electron chi connectivity index (χ1n) is 5.11. The van der Waals surface area contributed by atoms with Crippen molar-refractivity contribution in [2.24, 2.45) is 0 Å². The molecular weight excluding hydrogens is 230 g/mol. The first-order valence-corrected chi connectivity index (χ1v) is 5.11. The monoisotopic (exact) mass is 244 g/mol. The van der Waals surface area contributed by atoms with Crippen molar-refractivity contribution in [1.29, 1.82) is 0 Å². The van der Waals surface area contributed by atoms with Gasteiger partial charge in [-0.1, -0.05) is 0 Å². The maximum absolute atomic E-state index is 12.7. The second-order valence-electron chi connectivity index (χ2n) is 3.31. The van der Waals surface area contributed by atoms with Crippen LogP contribution < -0.4 is 11.1 Å². The standard InChI is InChI=1S/C11H14F2N2O2/c1-2-17-10(16)6-15-9-4-3-7(14)5-8(9)11(12)13/h3-5,11,15H,2,6,14H2,1H3. The molecule has 4 nitrogen and oxygen atoms in total. The van der Waals surface area contributed by atoms with E-state index in [2.05, 4.69) is 10.1 Å². The minimum absolute atomic E-state index is 0.155. The first kappa shape index (κ1) is 13.2. The summed E-state index contributed by atoms with van der Waals surface area (Å²) in [6.07, 6.45) is -2.65. The molecule has 0 amide bonds. The van der Waals surface area contributed by atoms with Crippen molar-refractivity contribution in [3.8, 4) is 0 Å². The van der Waals surface area contributed by atoms with Crippen LogP contribution in [0.3, 0.4) is 0 Å². The summed E-state index contributed by atoms with van der Waals surface area (Å²) in [5, 5.41) is 2.60. The molecule has 0 heterocycles. The summed E-state index contributed by atoms with van der Waals surface area (Å²) in [5.74, 6) is -0.496. The number of alkyl halides is 2. The number of halogens is 2. The van der Waals surface area contributed by atoms with Crippen LogP contribution in [0.4, 0.5) is 20.2 Å². The van der Waals surface area contributed by atoms with Gasteiger partial charge in [0, 0.05) is 16.9 Å². The summed E-state index contributed by atoms with van der Waals surface area (Å²) in [4.78, 5) is 11.1. The maximum atomic E-state index is 12.7. The van der Waals surface area contributed by atoms with E-state index in [4.69, 9.17) is 5.73 Å². The van der Waals surface area contributed by atoms with Gasteiger partial charge in [-0.2, -0.15) is 0 Å². The van der Waals surface area contributed by atoms with Crippen LogP contribution in [0.25, 0.3) is 0 Å². The zero-order valence-electron chi connectivity index (χ0n) is 9.37. The average molecular weight is 244 g/mol. The molecule has 0 unspecified atom stereocenters. The van der Waals surface area contributed by atoms with Crippen LogP contribution in [0.5, 0.6) is 0 Å². The van der Waals surface area contributed by atoms with E-state index in [9.17, 15) is 13.6 Å². The van der Waals surface area contributed by atoms with Crippen LogP contribution in [-0.4, -0.2) is 19.1 Å². The molecule has 0 saturated carbocycles. The van der Waals surface area contributed by atoms with Gasteiger partial charge in [0.05, 0.1) is 6.61 Å². The van der Waals surface area contributed by atoms with Crippen LogP contribution in [0.1, 0.15) is 18.9 Å². The van der Waals surface area contributed by atoms with Crippen LogP contribution in [0.2, 0.25) is 0 Å². The first-order chi connectivity index (χ1) is 8.04. The van der Waals surface area contributed by atoms with Crippen LogP contribution >= 0.6 is 0 Å². The molecule has 94 valence electrons. The fourth-order valence-corrected chi connectivity index (χ4v) is 1.30. The summed E-state index contributed by atoms with van der Waals surface area (Å²) in [5.41, 5.74) is 5.62. The number of benzene rings is 1. The van der Waals surface area contributed by atoms with Gasteiger partial charge in [-0.15, -0.1) is 0 Å². The minimum atomic E-state index is -2.65. The fraction of sp³-hybridized carbons (Fsp3) is 0.364. The number of nitrogens with one attached hydrogen (secondary N) is 1. The highest BCUT2D eigenvalue weighted by Gasteiger charge is 2.14. The smallest absolute Gasteiger partial charge is 0.325 e. The Balaban J connectivity index is 2.73. The molecule has 0 fully saturated rings. The lowest BCUT2D eigenvalue weighted by Gasteiger charge is -2.11. The third-order valence-electron chi connectivity index (χ3n) is 2.04. The Bertz CT molecular complexity index is 397. The van der Waals surface area contributed by atoms with E-state index in [-0.39, 0.29) is 30.1 Å². The van der Waals surface area contributed by atoms with Crippen molar-refractivity contribution in [1.82, 2.24) is 0 Å². The third-order valence-corrected chi connectivity index (χ3v) is 2.04. The van der Waals surface area contributed by atoms with Gasteiger partial charge < -0.3 is 15.8 Å². The van der Waals surface area contributed by atoms with Crippen molar-refractivity contribution in [2.75, 3.05) is 24.2 Å². The molecule has 0 spiro atoms. The van der Waals surface area contributed by atoms with Crippen molar-refractivity contribution in [3.05, 3.63) is 23.8 Å². The summed E-state index contributed by atoms with van der Waals surface area (Å²) in [6, 6.07) is 4.08. The Morgan fingerprint density at radius 1 is 1.53 bits per heavy atom. The van der Waals surface area contributed by atoms with Crippen LogP contribution in [0.15, 0.2) is 18.2 Å². The highest BCUT2D eigenvalue weighted by molar-refractivity contribution is 5.75. The molecule has 0 aliphatic heterocycles. The van der Waals surface area contributed by atoms with E-state index in [1.54, 1.807) is 6.92 Å². The predicted molar refractivity (Wildman–Crippen MR) is 60.9 cm³/mol. The van der Waals surface area contributed by atoms with Gasteiger partial charge in [-0.3, -0.25) is 4.79 Å². The molecule has 1 aromatic carbocycles. The molecule has 6 heteroatoms. The zero-order valence-corrected chi connectivity index (χ0v) is 9.37. The van der Waals surface area contributed by atoms with Gasteiger partial charge in [-0.25, -0.2) is 8.78 Å². The molecule has 0 atom stereocenters. The Hall–Kier alpha value is -1.85. The normalized spacial score (nSPS) is 10.4. The van der Waals surface area contributed by atoms with E-state index in [1.807, 2.05) is 0 Å². The summed E-state index contributed by atoms with van der Waals surface area (Å²) in [6.45, 7) is 1.77. The molecule has 1 aromatic rings. The summed E-state index contributed by atoms with van der Waals surface area (Å²) >= 11 is 0. The Kier molecular flexibility index (Phi) is 4.68. The number of nitrogens with two attached hydrogens (primary N) is 1. The number of esters is 1. The minimum Gasteiger partial charge on any atom is -0.465 e. The van der Waals surface area contributed by atoms with Crippen molar-refractivity contribution < 1.29 is 18.3 Å². The van der Waals surface area contributed by atoms with Crippen molar-refractivity contribution in [2.45, 2.75) is 13.3 Å². The lowest BCUT2D eigenvalue weighted by Crippen LogP contribution is -2.17. The van der Waals surface area contributed by atoms with E-state index in [1.165, 1.54) is 18.2 Å². The van der Waals surface area contributed by atoms with E-state index >= 15 is 0 Å². The lowest BCUT2D eigenvalue weighted by molar-refractivity contribution is -0.140. The second kappa shape index (κ2) is 6.03. The van der Waals surface area contributed by atoms with Crippen LogP contribution in [0, 0.1) is 0 Å². The molecule has 17 heavy (non-hydrogen) atoms. The van der Waals surface area contributed by atoms with Gasteiger partial charge in [-0.05, 0) is 25.1 Å². The molecule has 0 saturated heterocycles. The molecule has 0 aromatic heterocycles. The maximum Gasteiger partial charge on any atom is 0.325 e. The topological polar surface area (TPSA) is 64.3 Å². The predicted octanol–water partition coefficient (Wildman–Crippen LogP) is 2.18. The Morgan fingerprint density at radius 2 is 2.24 bits per heavy atom. The molecule has 0 aliphatic rings. The molecular formula is C11H14F2N2O2. The number of carbonyl (C=O) groups is 1. The number of anilines is 2. The third kappa shape index (κ3) is 3.90. The van der Waals surface area contributed by atoms with E-state index in [0.29, 0.717) is 0 Å².